The van der Waals surface area contributed by atoms with Crippen LogP contribution in [0.4, 0.5) is 0 Å². The minimum absolute atomic E-state index is 0.333. The van der Waals surface area contributed by atoms with E-state index in [4.69, 9.17) is 23.2 Å². The van der Waals surface area contributed by atoms with Gasteiger partial charge < -0.3 is 0 Å². The van der Waals surface area contributed by atoms with Crippen molar-refractivity contribution in [1.82, 2.24) is 0 Å². The fourth-order valence-corrected chi connectivity index (χ4v) is 2.41. The molecule has 3 heteroatoms. The van der Waals surface area contributed by atoms with Crippen LogP contribution in [-0.4, -0.2) is 5.24 Å². The van der Waals surface area contributed by atoms with Gasteiger partial charge in [-0.3, -0.25) is 4.79 Å². The van der Waals surface area contributed by atoms with Crippen LogP contribution in [0.25, 0.3) is 0 Å². The third kappa shape index (κ3) is 3.59. The first-order valence-corrected chi connectivity index (χ1v) is 6.83. The molecule has 2 rings (SSSR count). The van der Waals surface area contributed by atoms with Gasteiger partial charge in [-0.05, 0) is 53.8 Å². The molecule has 0 radical (unpaired) electrons. The van der Waals surface area contributed by atoms with Gasteiger partial charge in [0.1, 0.15) is 0 Å². The molecule has 19 heavy (non-hydrogen) atoms. The van der Waals surface area contributed by atoms with Crippen LogP contribution in [0.5, 0.6) is 0 Å². The van der Waals surface area contributed by atoms with E-state index in [-0.39, 0.29) is 11.2 Å². The third-order valence-electron chi connectivity index (χ3n) is 3.23. The summed E-state index contributed by atoms with van der Waals surface area (Å²) in [6.45, 7) is 2.03. The fourth-order valence-electron chi connectivity index (χ4n) is 2.08. The third-order valence-corrected chi connectivity index (χ3v) is 3.75. The van der Waals surface area contributed by atoms with Crippen LogP contribution in [0, 0.1) is 6.92 Å². The molecule has 0 bridgehead atoms. The van der Waals surface area contributed by atoms with Gasteiger partial charge in [-0.2, -0.15) is 0 Å². The summed E-state index contributed by atoms with van der Waals surface area (Å²) in [5, 5.41) is 0.311. The quantitative estimate of drug-likeness (QED) is 0.744. The minimum atomic E-state index is -0.342. The smallest absolute Gasteiger partial charge is 0.229 e. The van der Waals surface area contributed by atoms with Crippen LogP contribution in [0.3, 0.4) is 0 Å². The summed E-state index contributed by atoms with van der Waals surface area (Å²) in [5.41, 5.74) is 3.20. The largest absolute Gasteiger partial charge is 0.281 e. The standard InChI is InChI=1S/C16H14Cl2O/c1-11-4-2-3-5-13(11)10-15(16(18)19)12-6-8-14(17)9-7-12/h2-9,15H,10H2,1H3. The van der Waals surface area contributed by atoms with Crippen molar-refractivity contribution in [3.05, 3.63) is 70.2 Å². The van der Waals surface area contributed by atoms with Gasteiger partial charge in [0.25, 0.3) is 0 Å². The highest BCUT2D eigenvalue weighted by Gasteiger charge is 2.19. The lowest BCUT2D eigenvalue weighted by Gasteiger charge is -2.14. The molecule has 2 aromatic carbocycles. The zero-order chi connectivity index (χ0) is 13.8. The second kappa shape index (κ2) is 6.23. The van der Waals surface area contributed by atoms with Crippen LogP contribution >= 0.6 is 23.2 Å². The summed E-state index contributed by atoms with van der Waals surface area (Å²) in [5.74, 6) is -0.333. The van der Waals surface area contributed by atoms with Crippen molar-refractivity contribution in [2.45, 2.75) is 19.3 Å². The van der Waals surface area contributed by atoms with Crippen molar-refractivity contribution >= 4 is 28.4 Å². The Kier molecular flexibility index (Phi) is 4.62. The molecule has 0 heterocycles. The number of rotatable bonds is 4. The second-order valence-electron chi connectivity index (χ2n) is 4.54. The number of aryl methyl sites for hydroxylation is 1. The molecule has 0 saturated carbocycles. The molecule has 0 aliphatic carbocycles. The molecule has 0 aliphatic heterocycles. The van der Waals surface area contributed by atoms with Crippen LogP contribution in [-0.2, 0) is 11.2 Å². The zero-order valence-electron chi connectivity index (χ0n) is 10.6. The molecular formula is C16H14Cl2O. The highest BCUT2D eigenvalue weighted by Crippen LogP contribution is 2.26. The average Bonchev–Trinajstić information content (AvgIpc) is 2.39. The number of halogens is 2. The lowest BCUT2D eigenvalue weighted by Crippen LogP contribution is -2.11. The summed E-state index contributed by atoms with van der Waals surface area (Å²) in [4.78, 5) is 11.7. The summed E-state index contributed by atoms with van der Waals surface area (Å²) in [7, 11) is 0. The first-order valence-electron chi connectivity index (χ1n) is 6.07. The Labute approximate surface area is 123 Å². The first kappa shape index (κ1) is 14.1. The average molecular weight is 293 g/mol. The van der Waals surface area contributed by atoms with E-state index in [1.807, 2.05) is 43.3 Å². The van der Waals surface area contributed by atoms with Crippen LogP contribution in [0.2, 0.25) is 5.02 Å². The maximum Gasteiger partial charge on any atom is 0.229 e. The van der Waals surface area contributed by atoms with E-state index in [9.17, 15) is 4.79 Å². The van der Waals surface area contributed by atoms with Crippen LogP contribution < -0.4 is 0 Å². The fraction of sp³-hybridized carbons (Fsp3) is 0.188. The zero-order valence-corrected chi connectivity index (χ0v) is 12.1. The first-order chi connectivity index (χ1) is 9.08. The molecule has 0 saturated heterocycles. The van der Waals surface area contributed by atoms with Crippen LogP contribution in [0.15, 0.2) is 48.5 Å². The SMILES string of the molecule is Cc1ccccc1CC(C(=O)Cl)c1ccc(Cl)cc1. The molecule has 1 unspecified atom stereocenters. The van der Waals surface area contributed by atoms with E-state index < -0.39 is 0 Å². The molecule has 2 aromatic rings. The molecule has 0 amide bonds. The lowest BCUT2D eigenvalue weighted by atomic mass is 9.91. The summed E-state index contributed by atoms with van der Waals surface area (Å²) >= 11 is 11.6. The molecule has 1 nitrogen and oxygen atoms in total. The van der Waals surface area contributed by atoms with Crippen molar-refractivity contribution in [3.8, 4) is 0 Å². The topological polar surface area (TPSA) is 17.1 Å². The van der Waals surface area contributed by atoms with Gasteiger partial charge in [-0.15, -0.1) is 0 Å². The minimum Gasteiger partial charge on any atom is -0.281 e. The van der Waals surface area contributed by atoms with Gasteiger partial charge in [-0.25, -0.2) is 0 Å². The van der Waals surface area contributed by atoms with Crippen molar-refractivity contribution in [2.75, 3.05) is 0 Å². The monoisotopic (exact) mass is 292 g/mol. The Hall–Kier alpha value is -1.31. The number of hydrogen-bond acceptors (Lipinski definition) is 1. The van der Waals surface area contributed by atoms with E-state index in [1.54, 1.807) is 12.1 Å². The number of hydrogen-bond donors (Lipinski definition) is 0. The summed E-state index contributed by atoms with van der Waals surface area (Å²) in [6.07, 6.45) is 0.608. The van der Waals surface area contributed by atoms with Gasteiger partial charge in [0, 0.05) is 5.02 Å². The van der Waals surface area contributed by atoms with Crippen molar-refractivity contribution < 1.29 is 4.79 Å². The Morgan fingerprint density at radius 3 is 2.32 bits per heavy atom. The molecule has 98 valence electrons. The van der Waals surface area contributed by atoms with Crippen LogP contribution in [0.1, 0.15) is 22.6 Å². The van der Waals surface area contributed by atoms with Gasteiger partial charge in [0.05, 0.1) is 5.92 Å². The molecule has 0 spiro atoms. The van der Waals surface area contributed by atoms with Gasteiger partial charge in [0.15, 0.2) is 0 Å². The lowest BCUT2D eigenvalue weighted by molar-refractivity contribution is -0.113. The Morgan fingerprint density at radius 1 is 1.11 bits per heavy atom. The van der Waals surface area contributed by atoms with E-state index >= 15 is 0 Å². The molecule has 0 aliphatic rings. The number of benzene rings is 2. The molecule has 0 aromatic heterocycles. The predicted molar refractivity (Wildman–Crippen MR) is 79.9 cm³/mol. The van der Waals surface area contributed by atoms with E-state index in [0.29, 0.717) is 11.4 Å². The van der Waals surface area contributed by atoms with Crippen molar-refractivity contribution in [2.24, 2.45) is 0 Å². The molecule has 0 fully saturated rings. The molecule has 1 atom stereocenters. The maximum atomic E-state index is 11.7. The van der Waals surface area contributed by atoms with Gasteiger partial charge in [-0.1, -0.05) is 48.0 Å². The Morgan fingerprint density at radius 2 is 1.74 bits per heavy atom. The highest BCUT2D eigenvalue weighted by molar-refractivity contribution is 6.64. The Bertz CT molecular complexity index is 576. The molecular weight excluding hydrogens is 279 g/mol. The Balaban J connectivity index is 2.29. The van der Waals surface area contributed by atoms with E-state index in [1.165, 1.54) is 5.56 Å². The normalized spacial score (nSPS) is 12.2. The number of carbonyl (C=O) groups is 1. The summed E-state index contributed by atoms with van der Waals surface area (Å²) < 4.78 is 0. The second-order valence-corrected chi connectivity index (χ2v) is 5.35. The maximum absolute atomic E-state index is 11.7. The van der Waals surface area contributed by atoms with Crippen molar-refractivity contribution in [1.29, 1.82) is 0 Å². The number of carbonyl (C=O) groups excluding carboxylic acids is 1. The summed E-state index contributed by atoms with van der Waals surface area (Å²) in [6, 6.07) is 15.3. The molecule has 0 N–H and O–H groups in total. The highest BCUT2D eigenvalue weighted by atomic mass is 35.5. The van der Waals surface area contributed by atoms with Crippen molar-refractivity contribution in [3.63, 3.8) is 0 Å². The van der Waals surface area contributed by atoms with E-state index in [0.717, 1.165) is 11.1 Å². The van der Waals surface area contributed by atoms with Gasteiger partial charge >= 0.3 is 0 Å². The van der Waals surface area contributed by atoms with Gasteiger partial charge in [0.2, 0.25) is 5.24 Å². The van der Waals surface area contributed by atoms with E-state index in [2.05, 4.69) is 0 Å². The predicted octanol–water partition coefficient (Wildman–Crippen LogP) is 4.74.